The molecule has 0 saturated carbocycles. The minimum absolute atomic E-state index is 0.0184. The van der Waals surface area contributed by atoms with E-state index < -0.39 is 0 Å². The van der Waals surface area contributed by atoms with Gasteiger partial charge in [-0.15, -0.1) is 0 Å². The molecule has 2 rings (SSSR count). The Hall–Kier alpha value is -1.97. The highest BCUT2D eigenvalue weighted by molar-refractivity contribution is 5.83. The molecule has 0 saturated heterocycles. The molecule has 0 aliphatic heterocycles. The Morgan fingerprint density at radius 1 is 1.26 bits per heavy atom. The van der Waals surface area contributed by atoms with Gasteiger partial charge in [-0.25, -0.2) is 4.79 Å². The predicted molar refractivity (Wildman–Crippen MR) is 78.3 cm³/mol. The highest BCUT2D eigenvalue weighted by Gasteiger charge is 2.08. The number of carbonyl (C=O) groups excluding carboxylic acids is 1. The van der Waals surface area contributed by atoms with Crippen molar-refractivity contribution in [1.29, 1.82) is 0 Å². The van der Waals surface area contributed by atoms with Gasteiger partial charge in [-0.05, 0) is 31.9 Å². The van der Waals surface area contributed by atoms with Crippen molar-refractivity contribution >= 4 is 16.9 Å². The van der Waals surface area contributed by atoms with Crippen LogP contribution in [0.2, 0.25) is 0 Å². The second-order valence-corrected chi connectivity index (χ2v) is 4.51. The minimum Gasteiger partial charge on any atom is -0.361 e. The van der Waals surface area contributed by atoms with Crippen LogP contribution in [0.3, 0.4) is 0 Å². The van der Waals surface area contributed by atoms with Gasteiger partial charge in [-0.2, -0.15) is 0 Å². The Balaban J connectivity index is 1.91. The number of hydrogen-bond donors (Lipinski definition) is 2. The van der Waals surface area contributed by atoms with Crippen LogP contribution in [0.15, 0.2) is 30.5 Å². The third-order valence-corrected chi connectivity index (χ3v) is 3.40. The van der Waals surface area contributed by atoms with Gasteiger partial charge in [0.1, 0.15) is 0 Å². The molecule has 2 aromatic rings. The fraction of sp³-hybridized carbons (Fsp3) is 0.400. The molecule has 0 radical (unpaired) electrons. The SMILES string of the molecule is CCN(CC)C(=O)NCCc1c[nH]c2ccccc12. The zero-order valence-corrected chi connectivity index (χ0v) is 11.6. The van der Waals surface area contributed by atoms with Crippen LogP contribution in [0.5, 0.6) is 0 Å². The number of aromatic amines is 1. The largest absolute Gasteiger partial charge is 0.361 e. The van der Waals surface area contributed by atoms with Crippen LogP contribution in [-0.4, -0.2) is 35.5 Å². The van der Waals surface area contributed by atoms with Crippen molar-refractivity contribution in [2.75, 3.05) is 19.6 Å². The first-order valence-electron chi connectivity index (χ1n) is 6.84. The van der Waals surface area contributed by atoms with E-state index in [9.17, 15) is 4.79 Å². The average Bonchev–Trinajstić information content (AvgIpc) is 2.84. The summed E-state index contributed by atoms with van der Waals surface area (Å²) in [6, 6.07) is 8.24. The molecule has 2 N–H and O–H groups in total. The molecule has 4 nitrogen and oxygen atoms in total. The first kappa shape index (κ1) is 13.5. The number of aromatic nitrogens is 1. The fourth-order valence-electron chi connectivity index (χ4n) is 2.27. The molecule has 1 heterocycles. The molecular weight excluding hydrogens is 238 g/mol. The van der Waals surface area contributed by atoms with Crippen molar-refractivity contribution in [2.45, 2.75) is 20.3 Å². The zero-order chi connectivity index (χ0) is 13.7. The van der Waals surface area contributed by atoms with Gasteiger partial charge in [-0.1, -0.05) is 18.2 Å². The minimum atomic E-state index is 0.0184. The molecule has 0 bridgehead atoms. The van der Waals surface area contributed by atoms with E-state index in [0.717, 1.165) is 25.0 Å². The van der Waals surface area contributed by atoms with Gasteiger partial charge in [0.25, 0.3) is 0 Å². The van der Waals surface area contributed by atoms with E-state index in [4.69, 9.17) is 0 Å². The monoisotopic (exact) mass is 259 g/mol. The maximum Gasteiger partial charge on any atom is 0.317 e. The second-order valence-electron chi connectivity index (χ2n) is 4.51. The normalized spacial score (nSPS) is 10.6. The Morgan fingerprint density at radius 3 is 2.74 bits per heavy atom. The van der Waals surface area contributed by atoms with E-state index in [0.29, 0.717) is 6.54 Å². The van der Waals surface area contributed by atoms with Gasteiger partial charge < -0.3 is 15.2 Å². The molecule has 4 heteroatoms. The highest BCUT2D eigenvalue weighted by atomic mass is 16.2. The number of benzene rings is 1. The summed E-state index contributed by atoms with van der Waals surface area (Å²) in [5.41, 5.74) is 2.39. The van der Waals surface area contributed by atoms with Crippen molar-refractivity contribution in [3.05, 3.63) is 36.0 Å². The summed E-state index contributed by atoms with van der Waals surface area (Å²) in [6.07, 6.45) is 2.87. The molecule has 1 aromatic carbocycles. The Bertz CT molecular complexity index is 543. The topological polar surface area (TPSA) is 48.1 Å². The van der Waals surface area contributed by atoms with Crippen molar-refractivity contribution in [2.24, 2.45) is 0 Å². The van der Waals surface area contributed by atoms with Crippen molar-refractivity contribution < 1.29 is 4.79 Å². The third-order valence-electron chi connectivity index (χ3n) is 3.40. The van der Waals surface area contributed by atoms with Gasteiger partial charge in [0, 0.05) is 36.7 Å². The Morgan fingerprint density at radius 2 is 2.00 bits per heavy atom. The van der Waals surface area contributed by atoms with Crippen molar-refractivity contribution in [1.82, 2.24) is 15.2 Å². The maximum absolute atomic E-state index is 11.8. The van der Waals surface area contributed by atoms with Crippen LogP contribution in [0.4, 0.5) is 4.79 Å². The lowest BCUT2D eigenvalue weighted by molar-refractivity contribution is 0.203. The van der Waals surface area contributed by atoms with Crippen LogP contribution in [0.25, 0.3) is 10.9 Å². The van der Waals surface area contributed by atoms with Gasteiger partial charge in [0.15, 0.2) is 0 Å². The molecule has 0 spiro atoms. The number of para-hydroxylation sites is 1. The number of nitrogens with one attached hydrogen (secondary N) is 2. The number of urea groups is 1. The predicted octanol–water partition coefficient (Wildman–Crippen LogP) is 2.76. The van der Waals surface area contributed by atoms with Crippen LogP contribution in [-0.2, 0) is 6.42 Å². The quantitative estimate of drug-likeness (QED) is 0.852. The van der Waals surface area contributed by atoms with E-state index >= 15 is 0 Å². The Kier molecular flexibility index (Phi) is 4.44. The maximum atomic E-state index is 11.8. The van der Waals surface area contributed by atoms with Gasteiger partial charge in [-0.3, -0.25) is 0 Å². The number of hydrogen-bond acceptors (Lipinski definition) is 1. The second kappa shape index (κ2) is 6.27. The zero-order valence-electron chi connectivity index (χ0n) is 11.6. The van der Waals surface area contributed by atoms with Crippen LogP contribution in [0, 0.1) is 0 Å². The van der Waals surface area contributed by atoms with E-state index in [1.807, 2.05) is 32.2 Å². The summed E-state index contributed by atoms with van der Waals surface area (Å²) < 4.78 is 0. The van der Waals surface area contributed by atoms with E-state index in [2.05, 4.69) is 22.4 Å². The van der Waals surface area contributed by atoms with E-state index in [1.54, 1.807) is 4.90 Å². The number of fused-ring (bicyclic) bond motifs is 1. The van der Waals surface area contributed by atoms with Gasteiger partial charge in [0.05, 0.1) is 0 Å². The molecule has 0 unspecified atom stereocenters. The standard InChI is InChI=1S/C15H21N3O/c1-3-18(4-2)15(19)16-10-9-12-11-17-14-8-6-5-7-13(12)14/h5-8,11,17H,3-4,9-10H2,1-2H3,(H,16,19). The average molecular weight is 259 g/mol. The number of amides is 2. The van der Waals surface area contributed by atoms with Crippen molar-refractivity contribution in [3.63, 3.8) is 0 Å². The summed E-state index contributed by atoms with van der Waals surface area (Å²) in [5.74, 6) is 0. The number of nitrogens with zero attached hydrogens (tertiary/aromatic N) is 1. The molecule has 0 aliphatic rings. The molecule has 19 heavy (non-hydrogen) atoms. The first-order valence-corrected chi connectivity index (χ1v) is 6.84. The molecular formula is C15H21N3O. The summed E-state index contributed by atoms with van der Waals surface area (Å²) in [4.78, 5) is 16.8. The van der Waals surface area contributed by atoms with Crippen LogP contribution in [0.1, 0.15) is 19.4 Å². The molecule has 102 valence electrons. The summed E-state index contributed by atoms with van der Waals surface area (Å²) >= 11 is 0. The first-order chi connectivity index (χ1) is 9.26. The number of carbonyl (C=O) groups is 1. The van der Waals surface area contributed by atoms with Crippen molar-refractivity contribution in [3.8, 4) is 0 Å². The molecule has 0 atom stereocenters. The summed E-state index contributed by atoms with van der Waals surface area (Å²) in [7, 11) is 0. The number of rotatable bonds is 5. The smallest absolute Gasteiger partial charge is 0.317 e. The lowest BCUT2D eigenvalue weighted by atomic mass is 10.1. The van der Waals surface area contributed by atoms with E-state index in [1.165, 1.54) is 10.9 Å². The molecule has 0 fully saturated rings. The Labute approximate surface area is 113 Å². The lowest BCUT2D eigenvalue weighted by Crippen LogP contribution is -2.40. The van der Waals surface area contributed by atoms with Crippen LogP contribution >= 0.6 is 0 Å². The fourth-order valence-corrected chi connectivity index (χ4v) is 2.27. The molecule has 0 aliphatic carbocycles. The summed E-state index contributed by atoms with van der Waals surface area (Å²) in [6.45, 7) is 6.13. The lowest BCUT2D eigenvalue weighted by Gasteiger charge is -2.19. The summed E-state index contributed by atoms with van der Waals surface area (Å²) in [5, 5.41) is 4.20. The number of H-pyrrole nitrogens is 1. The van der Waals surface area contributed by atoms with Gasteiger partial charge in [0.2, 0.25) is 0 Å². The third kappa shape index (κ3) is 3.08. The van der Waals surface area contributed by atoms with Crippen LogP contribution < -0.4 is 5.32 Å². The highest BCUT2D eigenvalue weighted by Crippen LogP contribution is 2.17. The molecule has 1 aromatic heterocycles. The molecule has 2 amide bonds. The van der Waals surface area contributed by atoms with E-state index in [-0.39, 0.29) is 6.03 Å². The van der Waals surface area contributed by atoms with Gasteiger partial charge >= 0.3 is 6.03 Å².